The molecular weight excluding hydrogens is 300 g/mol. The highest BCUT2D eigenvalue weighted by Crippen LogP contribution is 2.28. The number of benzene rings is 2. The maximum Gasteiger partial charge on any atom is 0.198 e. The molecule has 0 amide bonds. The summed E-state index contributed by atoms with van der Waals surface area (Å²) < 4.78 is 0. The highest BCUT2D eigenvalue weighted by atomic mass is 35.5. The summed E-state index contributed by atoms with van der Waals surface area (Å²) in [4.78, 5) is 37.6. The maximum absolute atomic E-state index is 12.6. The van der Waals surface area contributed by atoms with Crippen molar-refractivity contribution in [3.8, 4) is 0 Å². The Morgan fingerprint density at radius 1 is 0.864 bits per heavy atom. The molecule has 1 aliphatic carbocycles. The lowest BCUT2D eigenvalue weighted by Gasteiger charge is -2.18. The van der Waals surface area contributed by atoms with Gasteiger partial charge in [0.05, 0.1) is 5.57 Å². The second-order valence-corrected chi connectivity index (χ2v) is 5.48. The third-order valence-electron chi connectivity index (χ3n) is 3.69. The van der Waals surface area contributed by atoms with Crippen LogP contribution in [0.2, 0.25) is 5.02 Å². The fourth-order valence-electron chi connectivity index (χ4n) is 2.52. The van der Waals surface area contributed by atoms with Crippen molar-refractivity contribution in [3.63, 3.8) is 0 Å². The molecule has 0 N–H and O–H groups in total. The van der Waals surface area contributed by atoms with Crippen LogP contribution in [0.5, 0.6) is 0 Å². The Labute approximate surface area is 132 Å². The monoisotopic (exact) mass is 310 g/mol. The van der Waals surface area contributed by atoms with E-state index in [1.165, 1.54) is 6.92 Å². The third-order valence-corrected chi connectivity index (χ3v) is 3.94. The van der Waals surface area contributed by atoms with Crippen LogP contribution in [0.25, 0.3) is 0 Å². The first-order valence-electron chi connectivity index (χ1n) is 6.70. The van der Waals surface area contributed by atoms with E-state index < -0.39 is 11.6 Å². The van der Waals surface area contributed by atoms with Gasteiger partial charge in [-0.3, -0.25) is 14.4 Å². The summed E-state index contributed by atoms with van der Waals surface area (Å²) in [6, 6.07) is 12.8. The van der Waals surface area contributed by atoms with Crippen LogP contribution in [0.3, 0.4) is 0 Å². The van der Waals surface area contributed by atoms with Crippen molar-refractivity contribution in [2.24, 2.45) is 0 Å². The Hall–Kier alpha value is -2.52. The Kier molecular flexibility index (Phi) is 3.51. The van der Waals surface area contributed by atoms with Crippen LogP contribution in [0.1, 0.15) is 38.0 Å². The van der Waals surface area contributed by atoms with Gasteiger partial charge in [0.25, 0.3) is 0 Å². The summed E-state index contributed by atoms with van der Waals surface area (Å²) in [5.41, 5.74) is 1.07. The number of ketones is 3. The molecule has 22 heavy (non-hydrogen) atoms. The molecule has 1 aliphatic rings. The van der Waals surface area contributed by atoms with Crippen molar-refractivity contribution in [2.45, 2.75) is 6.92 Å². The lowest BCUT2D eigenvalue weighted by molar-refractivity contribution is 0.0927. The van der Waals surface area contributed by atoms with Gasteiger partial charge in [0.1, 0.15) is 0 Å². The second-order valence-electron chi connectivity index (χ2n) is 5.04. The minimum atomic E-state index is -0.456. The summed E-state index contributed by atoms with van der Waals surface area (Å²) in [6.45, 7) is 1.51. The van der Waals surface area contributed by atoms with Gasteiger partial charge in [-0.15, -0.1) is 0 Å². The molecule has 0 fully saturated rings. The molecule has 108 valence electrons. The Morgan fingerprint density at radius 2 is 1.41 bits per heavy atom. The van der Waals surface area contributed by atoms with Crippen molar-refractivity contribution in [2.75, 3.05) is 0 Å². The van der Waals surface area contributed by atoms with Gasteiger partial charge in [0.15, 0.2) is 17.3 Å². The standard InChI is InChI=1S/C18H11ClO3/c1-10-15(17(21)11-6-8-12(19)9-7-11)18(22)14-5-3-2-4-13(14)16(10)20/h2-9H,1H3. The number of allylic oxidation sites excluding steroid dienone is 2. The summed E-state index contributed by atoms with van der Waals surface area (Å²) in [6.07, 6.45) is 0. The van der Waals surface area contributed by atoms with Crippen molar-refractivity contribution in [1.29, 1.82) is 0 Å². The molecule has 0 aromatic heterocycles. The second kappa shape index (κ2) is 5.35. The number of rotatable bonds is 2. The normalized spacial score (nSPS) is 14.1. The number of halogens is 1. The van der Waals surface area contributed by atoms with Crippen LogP contribution in [0.4, 0.5) is 0 Å². The van der Waals surface area contributed by atoms with E-state index in [0.29, 0.717) is 16.1 Å². The zero-order valence-corrected chi connectivity index (χ0v) is 12.5. The molecule has 3 nitrogen and oxygen atoms in total. The minimum Gasteiger partial charge on any atom is -0.289 e. The molecule has 3 rings (SSSR count). The molecule has 2 aromatic rings. The molecule has 0 spiro atoms. The molecule has 0 unspecified atom stereocenters. The van der Waals surface area contributed by atoms with Crippen LogP contribution in [0, 0.1) is 0 Å². The Morgan fingerprint density at radius 3 is 2.00 bits per heavy atom. The molecule has 0 saturated heterocycles. The zero-order chi connectivity index (χ0) is 15.9. The van der Waals surface area contributed by atoms with Gasteiger partial charge in [0.2, 0.25) is 0 Å². The fourth-order valence-corrected chi connectivity index (χ4v) is 2.64. The largest absolute Gasteiger partial charge is 0.289 e. The van der Waals surface area contributed by atoms with E-state index in [1.54, 1.807) is 48.5 Å². The molecule has 0 heterocycles. The lowest BCUT2D eigenvalue weighted by Crippen LogP contribution is -2.25. The first-order valence-corrected chi connectivity index (χ1v) is 7.08. The topological polar surface area (TPSA) is 51.2 Å². The average molecular weight is 311 g/mol. The summed E-state index contributed by atoms with van der Waals surface area (Å²) in [5, 5.41) is 0.499. The first-order chi connectivity index (χ1) is 10.5. The Balaban J connectivity index is 2.12. The predicted molar refractivity (Wildman–Crippen MR) is 83.6 cm³/mol. The van der Waals surface area contributed by atoms with Crippen molar-refractivity contribution < 1.29 is 14.4 Å². The minimum absolute atomic E-state index is 0.0639. The lowest BCUT2D eigenvalue weighted by atomic mass is 9.82. The first kappa shape index (κ1) is 14.4. The predicted octanol–water partition coefficient (Wildman–Crippen LogP) is 3.92. The van der Waals surface area contributed by atoms with E-state index in [9.17, 15) is 14.4 Å². The van der Waals surface area contributed by atoms with E-state index in [0.717, 1.165) is 0 Å². The fraction of sp³-hybridized carbons (Fsp3) is 0.0556. The number of hydrogen-bond donors (Lipinski definition) is 0. The third kappa shape index (κ3) is 2.20. The number of hydrogen-bond acceptors (Lipinski definition) is 3. The van der Waals surface area contributed by atoms with Crippen molar-refractivity contribution in [3.05, 3.63) is 81.4 Å². The number of Topliss-reactive ketones (excluding diaryl/α,β-unsaturated/α-hetero) is 3. The van der Waals surface area contributed by atoms with Gasteiger partial charge < -0.3 is 0 Å². The number of fused-ring (bicyclic) bond motifs is 1. The highest BCUT2D eigenvalue weighted by molar-refractivity contribution is 6.39. The van der Waals surface area contributed by atoms with Crippen molar-refractivity contribution in [1.82, 2.24) is 0 Å². The van der Waals surface area contributed by atoms with Gasteiger partial charge in [-0.25, -0.2) is 0 Å². The molecule has 0 atom stereocenters. The summed E-state index contributed by atoms with van der Waals surface area (Å²) in [7, 11) is 0. The van der Waals surface area contributed by atoms with Gasteiger partial charge in [-0.1, -0.05) is 35.9 Å². The SMILES string of the molecule is CC1=C(C(=O)c2ccc(Cl)cc2)C(=O)c2ccccc2C1=O. The van der Waals surface area contributed by atoms with E-state index in [2.05, 4.69) is 0 Å². The zero-order valence-electron chi connectivity index (χ0n) is 11.7. The molecule has 0 aliphatic heterocycles. The van der Waals surface area contributed by atoms with Gasteiger partial charge in [-0.2, -0.15) is 0 Å². The number of carbonyl (C=O) groups excluding carboxylic acids is 3. The van der Waals surface area contributed by atoms with E-state index >= 15 is 0 Å². The number of carbonyl (C=O) groups is 3. The van der Waals surface area contributed by atoms with Crippen LogP contribution in [-0.4, -0.2) is 17.3 Å². The smallest absolute Gasteiger partial charge is 0.198 e. The van der Waals surface area contributed by atoms with Crippen molar-refractivity contribution >= 4 is 29.0 Å². The average Bonchev–Trinajstić information content (AvgIpc) is 2.53. The van der Waals surface area contributed by atoms with Crippen LogP contribution < -0.4 is 0 Å². The van der Waals surface area contributed by atoms with Gasteiger partial charge in [-0.05, 0) is 31.2 Å². The van der Waals surface area contributed by atoms with Gasteiger partial charge >= 0.3 is 0 Å². The molecular formula is C18H11ClO3. The summed E-state index contributed by atoms with van der Waals surface area (Å²) >= 11 is 5.81. The maximum atomic E-state index is 12.6. The van der Waals surface area contributed by atoms with Crippen LogP contribution in [-0.2, 0) is 0 Å². The van der Waals surface area contributed by atoms with E-state index in [1.807, 2.05) is 0 Å². The molecule has 0 bridgehead atoms. The summed E-state index contributed by atoms with van der Waals surface area (Å²) in [5.74, 6) is -1.15. The molecule has 0 saturated carbocycles. The molecule has 4 heteroatoms. The highest BCUT2D eigenvalue weighted by Gasteiger charge is 2.33. The van der Waals surface area contributed by atoms with Gasteiger partial charge in [0, 0.05) is 27.3 Å². The van der Waals surface area contributed by atoms with E-state index in [4.69, 9.17) is 11.6 Å². The van der Waals surface area contributed by atoms with E-state index in [-0.39, 0.29) is 22.5 Å². The Bertz CT molecular complexity index is 845. The van der Waals surface area contributed by atoms with Crippen LogP contribution >= 0.6 is 11.6 Å². The quantitative estimate of drug-likeness (QED) is 0.624. The molecule has 0 radical (unpaired) electrons. The van der Waals surface area contributed by atoms with Crippen LogP contribution in [0.15, 0.2) is 59.7 Å². The molecule has 2 aromatic carbocycles.